The van der Waals surface area contributed by atoms with Gasteiger partial charge in [0.2, 0.25) is 15.9 Å². The Hall–Kier alpha value is -2.25. The molecule has 5 nitrogen and oxygen atoms in total. The van der Waals surface area contributed by atoms with Gasteiger partial charge in [0.1, 0.15) is 16.8 Å². The Morgan fingerprint density at radius 2 is 1.70 bits per heavy atom. The number of carbonyl (C=O) groups is 1. The maximum atomic E-state index is 14.0. The molecule has 2 rings (SSSR count). The van der Waals surface area contributed by atoms with E-state index < -0.39 is 32.7 Å². The van der Waals surface area contributed by atoms with Crippen molar-refractivity contribution in [1.29, 1.82) is 0 Å². The molecule has 2 N–H and O–H groups in total. The summed E-state index contributed by atoms with van der Waals surface area (Å²) in [7, 11) is -4.19. The number of benzene rings is 2. The van der Waals surface area contributed by atoms with E-state index in [1.54, 1.807) is 0 Å². The standard InChI is InChI=1S/C20H25FN2O3S/c1-3-9-15(2)22-20(24)18(14-16-10-5-4-6-11-16)23-27(25,26)19-13-8-7-12-17(19)21/h4-8,10-13,15,18,23H,3,9,14H2,1-2H3,(H,22,24)/t15-,18+/m0/s1. The first kappa shape index (κ1) is 21.1. The molecule has 146 valence electrons. The Morgan fingerprint density at radius 1 is 1.07 bits per heavy atom. The van der Waals surface area contributed by atoms with Crippen LogP contribution < -0.4 is 10.0 Å². The summed E-state index contributed by atoms with van der Waals surface area (Å²) in [4.78, 5) is 12.2. The molecule has 0 aliphatic carbocycles. The lowest BCUT2D eigenvalue weighted by Crippen LogP contribution is -2.50. The maximum Gasteiger partial charge on any atom is 0.244 e. The number of amides is 1. The molecular weight excluding hydrogens is 367 g/mol. The summed E-state index contributed by atoms with van der Waals surface area (Å²) in [5.74, 6) is -1.29. The lowest BCUT2D eigenvalue weighted by molar-refractivity contribution is -0.123. The Bertz CT molecular complexity index is 857. The molecule has 2 aromatic rings. The highest BCUT2D eigenvalue weighted by Crippen LogP contribution is 2.15. The van der Waals surface area contributed by atoms with Crippen molar-refractivity contribution in [1.82, 2.24) is 10.0 Å². The molecular formula is C20H25FN2O3S. The van der Waals surface area contributed by atoms with Crippen LogP contribution in [-0.4, -0.2) is 26.4 Å². The third kappa shape index (κ3) is 6.15. The molecule has 0 radical (unpaired) electrons. The van der Waals surface area contributed by atoms with E-state index >= 15 is 0 Å². The van der Waals surface area contributed by atoms with Crippen LogP contribution in [0.15, 0.2) is 59.5 Å². The van der Waals surface area contributed by atoms with Gasteiger partial charge in [-0.3, -0.25) is 4.79 Å². The van der Waals surface area contributed by atoms with Crippen molar-refractivity contribution in [2.24, 2.45) is 0 Å². The summed E-state index contributed by atoms with van der Waals surface area (Å²) in [5, 5.41) is 2.83. The first-order valence-corrected chi connectivity index (χ1v) is 10.4. The molecule has 0 aliphatic heterocycles. The minimum atomic E-state index is -4.19. The number of halogens is 1. The highest BCUT2D eigenvalue weighted by atomic mass is 32.2. The average molecular weight is 392 g/mol. The number of nitrogens with one attached hydrogen (secondary N) is 2. The van der Waals surface area contributed by atoms with E-state index in [9.17, 15) is 17.6 Å². The van der Waals surface area contributed by atoms with Crippen LogP contribution in [-0.2, 0) is 21.2 Å². The number of rotatable bonds is 9. The van der Waals surface area contributed by atoms with Crippen molar-refractivity contribution < 1.29 is 17.6 Å². The normalized spacial score (nSPS) is 13.7. The number of hydrogen-bond donors (Lipinski definition) is 2. The Labute approximate surface area is 160 Å². The van der Waals surface area contributed by atoms with Crippen LogP contribution in [0.4, 0.5) is 4.39 Å². The molecule has 2 aromatic carbocycles. The zero-order chi connectivity index (χ0) is 19.9. The van der Waals surface area contributed by atoms with Crippen molar-refractivity contribution >= 4 is 15.9 Å². The molecule has 0 bridgehead atoms. The fourth-order valence-corrected chi connectivity index (χ4v) is 4.07. The first-order valence-electron chi connectivity index (χ1n) is 8.94. The van der Waals surface area contributed by atoms with Gasteiger partial charge in [0, 0.05) is 6.04 Å². The topological polar surface area (TPSA) is 75.3 Å². The highest BCUT2D eigenvalue weighted by Gasteiger charge is 2.28. The third-order valence-electron chi connectivity index (χ3n) is 4.13. The maximum absolute atomic E-state index is 14.0. The van der Waals surface area contributed by atoms with Gasteiger partial charge in [-0.2, -0.15) is 4.72 Å². The molecule has 0 saturated carbocycles. The summed E-state index contributed by atoms with van der Waals surface area (Å²) in [5.41, 5.74) is 0.803. The predicted octanol–water partition coefficient (Wildman–Crippen LogP) is 3.02. The van der Waals surface area contributed by atoms with Gasteiger partial charge in [0.05, 0.1) is 0 Å². The Kier molecular flexibility index (Phi) is 7.50. The van der Waals surface area contributed by atoms with Crippen molar-refractivity contribution in [3.8, 4) is 0 Å². The number of hydrogen-bond acceptors (Lipinski definition) is 3. The molecule has 0 aromatic heterocycles. The SMILES string of the molecule is CCC[C@H](C)NC(=O)[C@@H](Cc1ccccc1)NS(=O)(=O)c1ccccc1F. The zero-order valence-electron chi connectivity index (χ0n) is 15.5. The summed E-state index contributed by atoms with van der Waals surface area (Å²) in [6.45, 7) is 3.87. The van der Waals surface area contributed by atoms with Crippen LogP contribution in [0.5, 0.6) is 0 Å². The van der Waals surface area contributed by atoms with Gasteiger partial charge >= 0.3 is 0 Å². The Morgan fingerprint density at radius 3 is 2.33 bits per heavy atom. The van der Waals surface area contributed by atoms with Crippen molar-refractivity contribution in [3.05, 3.63) is 66.0 Å². The molecule has 27 heavy (non-hydrogen) atoms. The fourth-order valence-electron chi connectivity index (χ4n) is 2.80. The minimum absolute atomic E-state index is 0.0845. The van der Waals surface area contributed by atoms with Crippen molar-refractivity contribution in [3.63, 3.8) is 0 Å². The smallest absolute Gasteiger partial charge is 0.244 e. The van der Waals surface area contributed by atoms with Crippen LogP contribution in [0.2, 0.25) is 0 Å². The van der Waals surface area contributed by atoms with Gasteiger partial charge in [-0.25, -0.2) is 12.8 Å². The van der Waals surface area contributed by atoms with E-state index in [-0.39, 0.29) is 12.5 Å². The summed E-state index contributed by atoms with van der Waals surface area (Å²) in [6.07, 6.45) is 1.84. The van der Waals surface area contributed by atoms with Crippen LogP contribution in [0.25, 0.3) is 0 Å². The third-order valence-corrected chi connectivity index (χ3v) is 5.64. The molecule has 0 fully saturated rings. The average Bonchev–Trinajstić information content (AvgIpc) is 2.62. The molecule has 7 heteroatoms. The summed E-state index contributed by atoms with van der Waals surface area (Å²) < 4.78 is 41.6. The highest BCUT2D eigenvalue weighted by molar-refractivity contribution is 7.89. The summed E-state index contributed by atoms with van der Waals surface area (Å²) in [6, 6.07) is 13.1. The molecule has 2 atom stereocenters. The van der Waals surface area contributed by atoms with Gasteiger partial charge in [0.25, 0.3) is 0 Å². The van der Waals surface area contributed by atoms with Crippen LogP contribution in [0.3, 0.4) is 0 Å². The monoisotopic (exact) mass is 392 g/mol. The lowest BCUT2D eigenvalue weighted by atomic mass is 10.1. The van der Waals surface area contributed by atoms with Crippen molar-refractivity contribution in [2.45, 2.75) is 50.1 Å². The van der Waals surface area contributed by atoms with Crippen LogP contribution >= 0.6 is 0 Å². The van der Waals surface area contributed by atoms with E-state index in [1.807, 2.05) is 44.2 Å². The van der Waals surface area contributed by atoms with Gasteiger partial charge in [-0.15, -0.1) is 0 Å². The molecule has 0 unspecified atom stereocenters. The fraction of sp³-hybridized carbons (Fsp3) is 0.350. The predicted molar refractivity (Wildman–Crippen MR) is 103 cm³/mol. The molecule has 0 spiro atoms. The van der Waals surface area contributed by atoms with Crippen LogP contribution in [0, 0.1) is 5.82 Å². The number of carbonyl (C=O) groups excluding carboxylic acids is 1. The first-order chi connectivity index (χ1) is 12.8. The molecule has 0 aliphatic rings. The minimum Gasteiger partial charge on any atom is -0.352 e. The summed E-state index contributed by atoms with van der Waals surface area (Å²) >= 11 is 0. The van der Waals surface area contributed by atoms with Crippen LogP contribution in [0.1, 0.15) is 32.3 Å². The van der Waals surface area contributed by atoms with E-state index in [2.05, 4.69) is 10.0 Å². The second kappa shape index (κ2) is 9.62. The van der Waals surface area contributed by atoms with Gasteiger partial charge < -0.3 is 5.32 Å². The molecule has 1 amide bonds. The van der Waals surface area contributed by atoms with E-state index in [0.29, 0.717) is 0 Å². The quantitative estimate of drug-likeness (QED) is 0.689. The lowest BCUT2D eigenvalue weighted by Gasteiger charge is -2.21. The van der Waals surface area contributed by atoms with Gasteiger partial charge in [-0.1, -0.05) is 55.8 Å². The number of sulfonamides is 1. The van der Waals surface area contributed by atoms with Gasteiger partial charge in [0.15, 0.2) is 0 Å². The van der Waals surface area contributed by atoms with Gasteiger partial charge in [-0.05, 0) is 37.5 Å². The second-order valence-electron chi connectivity index (χ2n) is 6.49. The van der Waals surface area contributed by atoms with E-state index in [4.69, 9.17) is 0 Å². The van der Waals surface area contributed by atoms with Crippen molar-refractivity contribution in [2.75, 3.05) is 0 Å². The Balaban J connectivity index is 2.26. The van der Waals surface area contributed by atoms with E-state index in [0.717, 1.165) is 24.5 Å². The zero-order valence-corrected chi connectivity index (χ0v) is 16.3. The second-order valence-corrected chi connectivity index (χ2v) is 8.17. The largest absolute Gasteiger partial charge is 0.352 e. The molecule has 0 saturated heterocycles. The van der Waals surface area contributed by atoms with E-state index in [1.165, 1.54) is 18.2 Å². The molecule has 0 heterocycles.